The van der Waals surface area contributed by atoms with Crippen molar-refractivity contribution in [3.8, 4) is 44.5 Å². The smallest absolute Gasteiger partial charge is 0.00201 e. The normalized spacial score (nSPS) is 12.3. The van der Waals surface area contributed by atoms with Crippen molar-refractivity contribution in [3.63, 3.8) is 0 Å². The summed E-state index contributed by atoms with van der Waals surface area (Å²) < 4.78 is 0. The number of hydrogen-bond donors (Lipinski definition) is 0. The minimum Gasteiger partial charge on any atom is -0.0616 e. The van der Waals surface area contributed by atoms with Crippen LogP contribution >= 0.6 is 0 Å². The zero-order valence-electron chi connectivity index (χ0n) is 36.9. The molecule has 0 nitrogen and oxygen atoms in total. The van der Waals surface area contributed by atoms with Gasteiger partial charge in [0.1, 0.15) is 0 Å². The van der Waals surface area contributed by atoms with Gasteiger partial charge in [-0.15, -0.1) is 0 Å². The standard InChI is InChI=1S/C67H40/c1-39-36-46(62-48-16-2-6-20-52(48)66(53-21-7-3-17-49(53)62)58-34-30-44-26-24-40-12-10-14-42-28-32-56(58)64(44)60(40)42)38-47(37-39)63-50-18-4-8-22-54(50)67(55-23-9-5-19-51(55)63)59-35-31-45-27-25-41-13-11-15-43-29-33-57(59)65(45)61(41)43/h2-38H,1H3. The molecule has 308 valence electrons. The summed E-state index contributed by atoms with van der Waals surface area (Å²) in [5.41, 5.74) is 11.4. The Bertz CT molecular complexity index is 4130. The lowest BCUT2D eigenvalue weighted by molar-refractivity contribution is 1.47. The lowest BCUT2D eigenvalue weighted by Crippen LogP contribution is -1.95. The molecule has 0 N–H and O–H groups in total. The molecule has 0 radical (unpaired) electrons. The summed E-state index contributed by atoms with van der Waals surface area (Å²) in [6.45, 7) is 2.26. The van der Waals surface area contributed by atoms with Gasteiger partial charge in [0.25, 0.3) is 0 Å². The van der Waals surface area contributed by atoms with Crippen molar-refractivity contribution in [3.05, 3.63) is 230 Å². The van der Waals surface area contributed by atoms with Gasteiger partial charge in [0.2, 0.25) is 0 Å². The first-order chi connectivity index (χ1) is 33.2. The van der Waals surface area contributed by atoms with E-state index in [1.807, 2.05) is 0 Å². The third kappa shape index (κ3) is 5.13. The SMILES string of the molecule is Cc1cc(-c2c3ccccc3c(-c3ccc4ccc5cccc6ccc3c4c56)c3ccccc23)cc(-c2c3ccccc3c(-c3ccc4ccc5cccc6ccc3c4c56)c3ccccc23)c1. The van der Waals surface area contributed by atoms with Crippen molar-refractivity contribution in [1.29, 1.82) is 0 Å². The maximum Gasteiger partial charge on any atom is -0.00201 e. The summed E-state index contributed by atoms with van der Waals surface area (Å²) in [5.74, 6) is 0. The van der Waals surface area contributed by atoms with E-state index < -0.39 is 0 Å². The van der Waals surface area contributed by atoms with Gasteiger partial charge < -0.3 is 0 Å². The molecule has 15 aromatic carbocycles. The van der Waals surface area contributed by atoms with Gasteiger partial charge in [-0.1, -0.05) is 218 Å². The predicted octanol–water partition coefficient (Wildman–Crippen LogP) is 19.1. The van der Waals surface area contributed by atoms with Gasteiger partial charge in [0.05, 0.1) is 0 Å². The monoisotopic (exact) mass is 844 g/mol. The first-order valence-corrected chi connectivity index (χ1v) is 23.5. The van der Waals surface area contributed by atoms with E-state index in [1.165, 1.54) is 158 Å². The highest BCUT2D eigenvalue weighted by Gasteiger charge is 2.23. The summed E-state index contributed by atoms with van der Waals surface area (Å²) in [6, 6.07) is 84.9. The number of rotatable bonds is 4. The van der Waals surface area contributed by atoms with Gasteiger partial charge in [-0.2, -0.15) is 0 Å². The van der Waals surface area contributed by atoms with Gasteiger partial charge >= 0.3 is 0 Å². The van der Waals surface area contributed by atoms with E-state index in [4.69, 9.17) is 0 Å². The molecule has 0 aliphatic heterocycles. The average molecular weight is 845 g/mol. The van der Waals surface area contributed by atoms with Crippen molar-refractivity contribution < 1.29 is 0 Å². The van der Waals surface area contributed by atoms with Crippen LogP contribution in [0.15, 0.2) is 224 Å². The fourth-order valence-electron chi connectivity index (χ4n) is 12.4. The Morgan fingerprint density at radius 3 is 0.836 bits per heavy atom. The third-order valence-electron chi connectivity index (χ3n) is 15.1. The Morgan fingerprint density at radius 2 is 0.493 bits per heavy atom. The fourth-order valence-corrected chi connectivity index (χ4v) is 12.4. The van der Waals surface area contributed by atoms with E-state index >= 15 is 0 Å². The molecule has 0 saturated heterocycles. The Labute approximate surface area is 387 Å². The van der Waals surface area contributed by atoms with Crippen LogP contribution in [-0.2, 0) is 0 Å². The molecule has 0 saturated carbocycles. The molecule has 0 unspecified atom stereocenters. The van der Waals surface area contributed by atoms with Crippen molar-refractivity contribution in [2.75, 3.05) is 0 Å². The largest absolute Gasteiger partial charge is 0.0616 e. The molecule has 0 heteroatoms. The number of aryl methyl sites for hydroxylation is 1. The van der Waals surface area contributed by atoms with Crippen LogP contribution in [-0.4, -0.2) is 0 Å². The van der Waals surface area contributed by atoms with Crippen LogP contribution in [0.5, 0.6) is 0 Å². The van der Waals surface area contributed by atoms with E-state index in [1.54, 1.807) is 0 Å². The molecule has 0 aliphatic rings. The topological polar surface area (TPSA) is 0 Å². The maximum absolute atomic E-state index is 2.47. The summed E-state index contributed by atoms with van der Waals surface area (Å²) in [4.78, 5) is 0. The molecule has 0 amide bonds. The molecule has 0 atom stereocenters. The molecule has 15 aromatic rings. The van der Waals surface area contributed by atoms with Crippen molar-refractivity contribution in [2.24, 2.45) is 0 Å². The Hall–Kier alpha value is -8.58. The molecule has 0 heterocycles. The molecule has 0 aromatic heterocycles. The highest BCUT2D eigenvalue weighted by atomic mass is 14.3. The van der Waals surface area contributed by atoms with Crippen LogP contribution in [0.2, 0.25) is 0 Å². The molecule has 67 heavy (non-hydrogen) atoms. The molecule has 0 bridgehead atoms. The number of fused-ring (bicyclic) bond motifs is 4. The molecule has 15 rings (SSSR count). The van der Waals surface area contributed by atoms with Crippen LogP contribution in [0.1, 0.15) is 5.56 Å². The second-order valence-electron chi connectivity index (χ2n) is 18.7. The first-order valence-electron chi connectivity index (χ1n) is 23.5. The Balaban J connectivity index is 0.989. The maximum atomic E-state index is 2.47. The lowest BCUT2D eigenvalue weighted by Gasteiger charge is -2.22. The minimum atomic E-state index is 1.23. The second-order valence-corrected chi connectivity index (χ2v) is 18.7. The average Bonchev–Trinajstić information content (AvgIpc) is 3.38. The summed E-state index contributed by atoms with van der Waals surface area (Å²) in [6.07, 6.45) is 0. The van der Waals surface area contributed by atoms with Crippen molar-refractivity contribution in [2.45, 2.75) is 6.92 Å². The Kier molecular flexibility index (Phi) is 7.52. The van der Waals surface area contributed by atoms with Crippen LogP contribution < -0.4 is 0 Å². The highest BCUT2D eigenvalue weighted by Crippen LogP contribution is 2.51. The summed E-state index contributed by atoms with van der Waals surface area (Å²) in [7, 11) is 0. The predicted molar refractivity (Wildman–Crippen MR) is 290 cm³/mol. The molecule has 0 spiro atoms. The third-order valence-corrected chi connectivity index (χ3v) is 15.1. The first kappa shape index (κ1) is 36.7. The van der Waals surface area contributed by atoms with E-state index in [-0.39, 0.29) is 0 Å². The fraction of sp³-hybridized carbons (Fsp3) is 0.0149. The van der Waals surface area contributed by atoms with Crippen LogP contribution in [0, 0.1) is 6.92 Å². The molecular weight excluding hydrogens is 805 g/mol. The summed E-state index contributed by atoms with van der Waals surface area (Å²) in [5, 5.41) is 25.8. The van der Waals surface area contributed by atoms with E-state index in [0.29, 0.717) is 0 Å². The number of hydrogen-bond acceptors (Lipinski definition) is 0. The van der Waals surface area contributed by atoms with Crippen LogP contribution in [0.25, 0.3) is 152 Å². The zero-order valence-corrected chi connectivity index (χ0v) is 36.9. The molecule has 0 aliphatic carbocycles. The minimum absolute atomic E-state index is 1.23. The van der Waals surface area contributed by atoms with Crippen LogP contribution in [0.3, 0.4) is 0 Å². The van der Waals surface area contributed by atoms with E-state index in [2.05, 4.69) is 231 Å². The number of benzene rings is 15. The quantitative estimate of drug-likeness (QED) is 0.122. The van der Waals surface area contributed by atoms with Gasteiger partial charge in [0, 0.05) is 0 Å². The molecule has 0 fully saturated rings. The molecular formula is C67H40. The van der Waals surface area contributed by atoms with Crippen molar-refractivity contribution in [1.82, 2.24) is 0 Å². The Morgan fingerprint density at radius 1 is 0.209 bits per heavy atom. The van der Waals surface area contributed by atoms with Crippen LogP contribution in [0.4, 0.5) is 0 Å². The van der Waals surface area contributed by atoms with E-state index in [0.717, 1.165) is 0 Å². The summed E-state index contributed by atoms with van der Waals surface area (Å²) >= 11 is 0. The highest BCUT2D eigenvalue weighted by molar-refractivity contribution is 6.31. The second kappa shape index (κ2) is 13.7. The van der Waals surface area contributed by atoms with Gasteiger partial charge in [-0.25, -0.2) is 0 Å². The van der Waals surface area contributed by atoms with Gasteiger partial charge in [0.15, 0.2) is 0 Å². The van der Waals surface area contributed by atoms with Crippen molar-refractivity contribution >= 4 is 108 Å². The van der Waals surface area contributed by atoms with Gasteiger partial charge in [-0.3, -0.25) is 0 Å². The van der Waals surface area contributed by atoms with Gasteiger partial charge in [-0.05, 0) is 171 Å². The lowest BCUT2D eigenvalue weighted by atomic mass is 9.81. The van der Waals surface area contributed by atoms with E-state index in [9.17, 15) is 0 Å². The zero-order chi connectivity index (χ0) is 43.9.